The lowest BCUT2D eigenvalue weighted by Gasteiger charge is -1.80. The van der Waals surface area contributed by atoms with E-state index in [4.69, 9.17) is 40.9 Å². The Morgan fingerprint density at radius 1 is 0.286 bits per heavy atom. The average molecular weight is 416 g/mol. The number of carboxylic acids is 8. The molecule has 0 spiro atoms. The zero-order chi connectivity index (χ0) is 23.4. The molecule has 8 N–H and O–H groups in total. The minimum atomic E-state index is -1.31. The van der Waals surface area contributed by atoms with E-state index in [1.54, 1.807) is 0 Å². The largest absolute Gasteiger partial charge is 0.481 e. The van der Waals surface area contributed by atoms with Gasteiger partial charge in [0.1, 0.15) is 25.7 Å². The van der Waals surface area contributed by atoms with Crippen molar-refractivity contribution in [1.82, 2.24) is 0 Å². The molecule has 0 aromatic carbocycles. The van der Waals surface area contributed by atoms with Crippen LogP contribution in [-0.4, -0.2) is 88.6 Å². The van der Waals surface area contributed by atoms with E-state index in [1.807, 2.05) is 0 Å². The highest BCUT2D eigenvalue weighted by atomic mass is 16.4. The van der Waals surface area contributed by atoms with Gasteiger partial charge in [-0.15, -0.1) is 0 Å². The smallest absolute Gasteiger partial charge is 0.314 e. The Hall–Kier alpha value is -4.24. The molecule has 0 aliphatic carbocycles. The van der Waals surface area contributed by atoms with Crippen LogP contribution < -0.4 is 0 Å². The maximum Gasteiger partial charge on any atom is 0.314 e. The summed E-state index contributed by atoms with van der Waals surface area (Å²) in [6, 6.07) is 0. The first-order valence-electron chi connectivity index (χ1n) is 6.25. The van der Waals surface area contributed by atoms with Crippen molar-refractivity contribution in [2.75, 3.05) is 0 Å². The van der Waals surface area contributed by atoms with Gasteiger partial charge in [0.05, 0.1) is 0 Å². The quantitative estimate of drug-likeness (QED) is 0.202. The molecule has 28 heavy (non-hydrogen) atoms. The highest BCUT2D eigenvalue weighted by molar-refractivity contribution is 5.90. The zero-order valence-electron chi connectivity index (χ0n) is 13.7. The van der Waals surface area contributed by atoms with Crippen LogP contribution in [0.4, 0.5) is 0 Å². The van der Waals surface area contributed by atoms with Crippen molar-refractivity contribution in [2.24, 2.45) is 0 Å². The standard InChI is InChI=1S/4C3H4O4/c4*4-2(5)1-3(6)7/h4*1H2,(H,4,5)(H,6,7). The molecule has 0 aliphatic rings. The summed E-state index contributed by atoms with van der Waals surface area (Å²) in [5.41, 5.74) is 0. The maximum atomic E-state index is 9.43. The first kappa shape index (κ1) is 31.5. The van der Waals surface area contributed by atoms with Crippen molar-refractivity contribution in [3.8, 4) is 0 Å². The fourth-order valence-corrected chi connectivity index (χ4v) is 0.517. The highest BCUT2D eigenvalue weighted by Gasteiger charge is 2.03. The lowest BCUT2D eigenvalue weighted by atomic mass is 10.5. The van der Waals surface area contributed by atoms with E-state index in [9.17, 15) is 38.4 Å². The van der Waals surface area contributed by atoms with E-state index in [1.165, 1.54) is 0 Å². The van der Waals surface area contributed by atoms with Crippen molar-refractivity contribution in [3.63, 3.8) is 0 Å². The van der Waals surface area contributed by atoms with Crippen molar-refractivity contribution < 1.29 is 79.2 Å². The average Bonchev–Trinajstić information content (AvgIpc) is 2.32. The van der Waals surface area contributed by atoms with Crippen LogP contribution in [0.25, 0.3) is 0 Å². The Bertz CT molecular complexity index is 436. The predicted molar refractivity (Wildman–Crippen MR) is 79.6 cm³/mol. The van der Waals surface area contributed by atoms with Gasteiger partial charge in [0.2, 0.25) is 0 Å². The first-order valence-corrected chi connectivity index (χ1v) is 6.25. The molecule has 0 rings (SSSR count). The lowest BCUT2D eigenvalue weighted by molar-refractivity contribution is -0.149. The second kappa shape index (κ2) is 19.1. The summed E-state index contributed by atoms with van der Waals surface area (Å²) in [7, 11) is 0. The second-order valence-corrected chi connectivity index (χ2v) is 3.86. The SMILES string of the molecule is O=C(O)CC(=O)O.O=C(O)CC(=O)O.O=C(O)CC(=O)O.O=C(O)CC(=O)O. The third-order valence-electron chi connectivity index (χ3n) is 1.21. The van der Waals surface area contributed by atoms with Gasteiger partial charge in [0, 0.05) is 0 Å². The van der Waals surface area contributed by atoms with Gasteiger partial charge in [-0.2, -0.15) is 0 Å². The molecular formula is C12H16O16. The van der Waals surface area contributed by atoms with Gasteiger partial charge < -0.3 is 40.9 Å². The van der Waals surface area contributed by atoms with Gasteiger partial charge >= 0.3 is 47.8 Å². The molecule has 0 fully saturated rings. The molecule has 0 atom stereocenters. The fourth-order valence-electron chi connectivity index (χ4n) is 0.517. The lowest BCUT2D eigenvalue weighted by Crippen LogP contribution is -2.03. The predicted octanol–water partition coefficient (Wildman–Crippen LogP) is -1.82. The molecule has 0 radical (unpaired) electrons. The van der Waals surface area contributed by atoms with E-state index in [0.29, 0.717) is 0 Å². The molecule has 0 amide bonds. The van der Waals surface area contributed by atoms with Gasteiger partial charge in [-0.1, -0.05) is 0 Å². The number of hydrogen-bond acceptors (Lipinski definition) is 8. The normalized spacial score (nSPS) is 8.00. The van der Waals surface area contributed by atoms with Crippen LogP contribution in [-0.2, 0) is 38.4 Å². The van der Waals surface area contributed by atoms with Crippen molar-refractivity contribution in [3.05, 3.63) is 0 Å². The Balaban J connectivity index is -0.000000137. The third-order valence-corrected chi connectivity index (χ3v) is 1.21. The fraction of sp³-hybridized carbons (Fsp3) is 0.333. The molecule has 0 aromatic heterocycles. The Kier molecular flexibility index (Phi) is 21.5. The van der Waals surface area contributed by atoms with Gasteiger partial charge in [-0.3, -0.25) is 38.4 Å². The molecule has 16 heteroatoms. The number of hydrogen-bond donors (Lipinski definition) is 8. The Labute approximate surface area is 153 Å². The summed E-state index contributed by atoms with van der Waals surface area (Å²) in [5.74, 6) is -10.5. The first-order chi connectivity index (χ1) is 12.5. The summed E-state index contributed by atoms with van der Waals surface area (Å²) in [4.78, 5) is 75.4. The second-order valence-electron chi connectivity index (χ2n) is 3.86. The molecule has 16 nitrogen and oxygen atoms in total. The van der Waals surface area contributed by atoms with Gasteiger partial charge in [-0.25, -0.2) is 0 Å². The van der Waals surface area contributed by atoms with Crippen LogP contribution in [0.3, 0.4) is 0 Å². The summed E-state index contributed by atoms with van der Waals surface area (Å²) < 4.78 is 0. The Morgan fingerprint density at radius 2 is 0.357 bits per heavy atom. The van der Waals surface area contributed by atoms with E-state index in [2.05, 4.69) is 0 Å². The van der Waals surface area contributed by atoms with Crippen molar-refractivity contribution in [2.45, 2.75) is 25.7 Å². The highest BCUT2D eigenvalue weighted by Crippen LogP contribution is 1.76. The minimum Gasteiger partial charge on any atom is -0.481 e. The monoisotopic (exact) mass is 416 g/mol. The van der Waals surface area contributed by atoms with Crippen LogP contribution >= 0.6 is 0 Å². The molecule has 0 bridgehead atoms. The van der Waals surface area contributed by atoms with Gasteiger partial charge in [-0.05, 0) is 0 Å². The molecule has 0 heterocycles. The molecule has 0 aliphatic heterocycles. The van der Waals surface area contributed by atoms with Crippen LogP contribution in [0.15, 0.2) is 0 Å². The number of carboxylic acid groups (broad SMARTS) is 8. The molecule has 0 unspecified atom stereocenters. The topological polar surface area (TPSA) is 298 Å². The minimum absolute atomic E-state index is 0.806. The molecule has 0 saturated carbocycles. The van der Waals surface area contributed by atoms with E-state index >= 15 is 0 Å². The van der Waals surface area contributed by atoms with Crippen molar-refractivity contribution >= 4 is 47.8 Å². The summed E-state index contributed by atoms with van der Waals surface area (Å²) in [6.07, 6.45) is -3.22. The third kappa shape index (κ3) is 67.8. The van der Waals surface area contributed by atoms with E-state index in [-0.39, 0.29) is 0 Å². The molecule has 0 aromatic rings. The van der Waals surface area contributed by atoms with Crippen molar-refractivity contribution in [1.29, 1.82) is 0 Å². The van der Waals surface area contributed by atoms with E-state index in [0.717, 1.165) is 0 Å². The zero-order valence-corrected chi connectivity index (χ0v) is 13.7. The molecule has 0 saturated heterocycles. The summed E-state index contributed by atoms with van der Waals surface area (Å²) in [6.45, 7) is 0. The van der Waals surface area contributed by atoms with E-state index < -0.39 is 73.4 Å². The van der Waals surface area contributed by atoms with Gasteiger partial charge in [0.25, 0.3) is 0 Å². The maximum absolute atomic E-state index is 9.43. The number of rotatable bonds is 8. The summed E-state index contributed by atoms with van der Waals surface area (Å²) >= 11 is 0. The van der Waals surface area contributed by atoms with Crippen LogP contribution in [0.1, 0.15) is 25.7 Å². The molecular weight excluding hydrogens is 400 g/mol. The summed E-state index contributed by atoms with van der Waals surface area (Å²) in [5, 5.41) is 61.6. The number of aliphatic carboxylic acids is 8. The number of carbonyl (C=O) groups is 8. The van der Waals surface area contributed by atoms with Gasteiger partial charge in [0.15, 0.2) is 0 Å². The van der Waals surface area contributed by atoms with Crippen LogP contribution in [0, 0.1) is 0 Å². The van der Waals surface area contributed by atoms with Crippen LogP contribution in [0.2, 0.25) is 0 Å². The molecule has 160 valence electrons. The van der Waals surface area contributed by atoms with Crippen LogP contribution in [0.5, 0.6) is 0 Å². The Morgan fingerprint density at radius 3 is 0.357 bits per heavy atom.